The third-order valence-corrected chi connectivity index (χ3v) is 3.32. The monoisotopic (exact) mass is 299 g/mol. The molecule has 0 aromatic heterocycles. The fourth-order valence-corrected chi connectivity index (χ4v) is 2.33. The van der Waals surface area contributed by atoms with Crippen molar-refractivity contribution >= 4 is 0 Å². The van der Waals surface area contributed by atoms with Crippen LogP contribution in [0.5, 0.6) is 5.75 Å². The number of hydrogen-bond acceptors (Lipinski definition) is 2. The van der Waals surface area contributed by atoms with Crippen molar-refractivity contribution in [1.82, 2.24) is 5.32 Å². The fourth-order valence-electron chi connectivity index (χ4n) is 2.33. The van der Waals surface area contributed by atoms with Crippen LogP contribution in [0, 0.1) is 0 Å². The number of ether oxygens (including phenoxy) is 1. The Kier molecular flexibility index (Phi) is 3.62. The maximum Gasteiger partial charge on any atom is 0.573 e. The molecule has 1 aromatic rings. The van der Waals surface area contributed by atoms with Crippen LogP contribution in [0.2, 0.25) is 0 Å². The van der Waals surface area contributed by atoms with Crippen molar-refractivity contribution in [2.24, 2.45) is 0 Å². The van der Waals surface area contributed by atoms with E-state index in [-0.39, 0.29) is 25.1 Å². The van der Waals surface area contributed by atoms with E-state index in [0.717, 1.165) is 18.2 Å². The van der Waals surface area contributed by atoms with Gasteiger partial charge in [0.05, 0.1) is 0 Å². The lowest BCUT2D eigenvalue weighted by Gasteiger charge is -2.31. The molecule has 0 spiro atoms. The zero-order valence-electron chi connectivity index (χ0n) is 10.1. The van der Waals surface area contributed by atoms with Crippen LogP contribution in [0.1, 0.15) is 12.0 Å². The van der Waals surface area contributed by atoms with Gasteiger partial charge in [0.2, 0.25) is 0 Å². The average Bonchev–Trinajstić information content (AvgIpc) is 2.76. The van der Waals surface area contributed by atoms with Gasteiger partial charge in [0.1, 0.15) is 11.2 Å². The number of alkyl halides is 6. The molecule has 8 heteroatoms. The molecule has 1 atom stereocenters. The molecule has 1 heterocycles. The molecule has 112 valence electrons. The van der Waals surface area contributed by atoms with E-state index in [4.69, 9.17) is 0 Å². The van der Waals surface area contributed by atoms with E-state index in [1.165, 1.54) is 6.07 Å². The molecule has 2 nitrogen and oxygen atoms in total. The van der Waals surface area contributed by atoms with Gasteiger partial charge in [-0.15, -0.1) is 13.2 Å². The maximum absolute atomic E-state index is 13.3. The van der Waals surface area contributed by atoms with Gasteiger partial charge in [0, 0.05) is 6.54 Å². The van der Waals surface area contributed by atoms with Crippen molar-refractivity contribution in [3.63, 3.8) is 0 Å². The molecule has 1 aromatic carbocycles. The third kappa shape index (κ3) is 2.84. The minimum Gasteiger partial charge on any atom is -0.406 e. The first-order valence-electron chi connectivity index (χ1n) is 5.78. The van der Waals surface area contributed by atoms with Gasteiger partial charge in [-0.25, -0.2) is 0 Å². The second-order valence-corrected chi connectivity index (χ2v) is 4.58. The van der Waals surface area contributed by atoms with E-state index in [2.05, 4.69) is 10.1 Å². The first-order valence-corrected chi connectivity index (χ1v) is 5.78. The summed E-state index contributed by atoms with van der Waals surface area (Å²) in [5.74, 6) is -0.648. The summed E-state index contributed by atoms with van der Waals surface area (Å²) >= 11 is 0. The first-order chi connectivity index (χ1) is 9.14. The topological polar surface area (TPSA) is 21.3 Å². The maximum atomic E-state index is 13.3. The zero-order valence-corrected chi connectivity index (χ0v) is 10.1. The number of benzene rings is 1. The highest BCUT2D eigenvalue weighted by atomic mass is 19.4. The summed E-state index contributed by atoms with van der Waals surface area (Å²) in [6, 6.07) is 4.07. The molecule has 0 unspecified atom stereocenters. The molecule has 1 aliphatic heterocycles. The summed E-state index contributed by atoms with van der Waals surface area (Å²) in [6.07, 6.45) is -9.70. The minimum atomic E-state index is -4.93. The molecule has 0 radical (unpaired) electrons. The first kappa shape index (κ1) is 15.0. The summed E-state index contributed by atoms with van der Waals surface area (Å²) in [5.41, 5.74) is -2.39. The van der Waals surface area contributed by atoms with Gasteiger partial charge in [0.15, 0.2) is 0 Å². The molecule has 20 heavy (non-hydrogen) atoms. The van der Waals surface area contributed by atoms with Crippen LogP contribution in [-0.4, -0.2) is 25.6 Å². The highest BCUT2D eigenvalue weighted by Crippen LogP contribution is 2.46. The lowest BCUT2D eigenvalue weighted by atomic mass is 9.79. The molecule has 0 amide bonds. The van der Waals surface area contributed by atoms with Crippen LogP contribution in [0.3, 0.4) is 0 Å². The number of nitrogens with one attached hydrogen (secondary N) is 1. The van der Waals surface area contributed by atoms with Gasteiger partial charge in [-0.05, 0) is 30.7 Å². The Morgan fingerprint density at radius 2 is 1.80 bits per heavy atom. The predicted molar refractivity (Wildman–Crippen MR) is 58.3 cm³/mol. The van der Waals surface area contributed by atoms with E-state index < -0.39 is 23.7 Å². The summed E-state index contributed by atoms with van der Waals surface area (Å²) in [5, 5.41) is 2.60. The van der Waals surface area contributed by atoms with Gasteiger partial charge >= 0.3 is 12.5 Å². The molecule has 1 N–H and O–H groups in total. The Morgan fingerprint density at radius 3 is 2.30 bits per heavy atom. The Balaban J connectivity index is 2.38. The second-order valence-electron chi connectivity index (χ2n) is 4.58. The number of rotatable bonds is 2. The largest absolute Gasteiger partial charge is 0.573 e. The predicted octanol–water partition coefficient (Wildman–Crippen LogP) is 3.38. The highest BCUT2D eigenvalue weighted by molar-refractivity contribution is 5.36. The quantitative estimate of drug-likeness (QED) is 0.845. The van der Waals surface area contributed by atoms with Crippen LogP contribution in [0.25, 0.3) is 0 Å². The van der Waals surface area contributed by atoms with Crippen molar-refractivity contribution < 1.29 is 31.1 Å². The lowest BCUT2D eigenvalue weighted by molar-refractivity contribution is -0.274. The summed E-state index contributed by atoms with van der Waals surface area (Å²) in [6.45, 7) is -0.199. The van der Waals surface area contributed by atoms with E-state index in [1.54, 1.807) is 0 Å². The Labute approximate surface area is 110 Å². The zero-order chi connectivity index (χ0) is 15.0. The summed E-state index contributed by atoms with van der Waals surface area (Å²) < 4.78 is 79.8. The summed E-state index contributed by atoms with van der Waals surface area (Å²) in [4.78, 5) is 0. The van der Waals surface area contributed by atoms with Gasteiger partial charge in [0.25, 0.3) is 0 Å². The van der Waals surface area contributed by atoms with E-state index in [0.29, 0.717) is 0 Å². The fraction of sp³-hybridized carbons (Fsp3) is 0.500. The van der Waals surface area contributed by atoms with E-state index in [9.17, 15) is 26.3 Å². The number of hydrogen-bond donors (Lipinski definition) is 1. The normalized spacial score (nSPS) is 23.9. The van der Waals surface area contributed by atoms with Crippen LogP contribution in [0.15, 0.2) is 24.3 Å². The molecule has 0 bridgehead atoms. The van der Waals surface area contributed by atoms with E-state index in [1.807, 2.05) is 0 Å². The molecule has 0 saturated carbocycles. The standard InChI is InChI=1S/C12H11F6NO/c13-11(14,15)10(4-5-19-7-10)8-2-1-3-9(6-8)20-12(16,17)18/h1-3,6,19H,4-5,7H2/t10-/m1/s1. The van der Waals surface area contributed by atoms with Crippen LogP contribution in [0.4, 0.5) is 26.3 Å². The molecular formula is C12H11F6NO. The van der Waals surface area contributed by atoms with Crippen molar-refractivity contribution in [1.29, 1.82) is 0 Å². The van der Waals surface area contributed by atoms with Gasteiger partial charge in [-0.1, -0.05) is 12.1 Å². The van der Waals surface area contributed by atoms with Crippen LogP contribution >= 0.6 is 0 Å². The molecule has 0 aliphatic carbocycles. The third-order valence-electron chi connectivity index (χ3n) is 3.32. The smallest absolute Gasteiger partial charge is 0.406 e. The van der Waals surface area contributed by atoms with E-state index >= 15 is 0 Å². The molecule has 1 aliphatic rings. The van der Waals surface area contributed by atoms with Gasteiger partial charge in [-0.3, -0.25) is 0 Å². The SMILES string of the molecule is FC(F)(F)Oc1cccc([C@@]2(C(F)(F)F)CCNC2)c1. The summed E-state index contributed by atoms with van der Waals surface area (Å²) in [7, 11) is 0. The highest BCUT2D eigenvalue weighted by Gasteiger charge is 2.57. The van der Waals surface area contributed by atoms with Crippen LogP contribution in [-0.2, 0) is 5.41 Å². The van der Waals surface area contributed by atoms with Crippen LogP contribution < -0.4 is 10.1 Å². The Bertz CT molecular complexity index is 476. The van der Waals surface area contributed by atoms with Crippen molar-refractivity contribution in [3.8, 4) is 5.75 Å². The molecule has 2 rings (SSSR count). The van der Waals surface area contributed by atoms with Gasteiger partial charge in [-0.2, -0.15) is 13.2 Å². The Morgan fingerprint density at radius 1 is 1.10 bits per heavy atom. The lowest BCUT2D eigenvalue weighted by Crippen LogP contribution is -2.44. The van der Waals surface area contributed by atoms with Crippen molar-refractivity contribution in [3.05, 3.63) is 29.8 Å². The number of halogens is 6. The van der Waals surface area contributed by atoms with Crippen molar-refractivity contribution in [2.75, 3.05) is 13.1 Å². The molecule has 1 fully saturated rings. The van der Waals surface area contributed by atoms with Crippen molar-refractivity contribution in [2.45, 2.75) is 24.4 Å². The molecule has 1 saturated heterocycles. The van der Waals surface area contributed by atoms with Gasteiger partial charge < -0.3 is 10.1 Å². The Hall–Kier alpha value is -1.44. The second kappa shape index (κ2) is 4.83. The minimum absolute atomic E-state index is 0.157. The molecular weight excluding hydrogens is 288 g/mol. The average molecular weight is 299 g/mol.